The number of aromatic nitrogens is 1. The van der Waals surface area contributed by atoms with E-state index in [2.05, 4.69) is 261 Å². The normalized spacial score (nSPS) is 16.1. The molecular formula is C64H66BN3. The topological polar surface area (TPSA) is 11.4 Å². The highest BCUT2D eigenvalue weighted by atomic mass is 15.2. The van der Waals surface area contributed by atoms with Crippen LogP contribution < -0.4 is 26.2 Å². The van der Waals surface area contributed by atoms with Gasteiger partial charge >= 0.3 is 0 Å². The summed E-state index contributed by atoms with van der Waals surface area (Å²) < 4.78 is 2.42. The van der Waals surface area contributed by atoms with E-state index in [0.717, 1.165) is 6.42 Å². The van der Waals surface area contributed by atoms with Crippen molar-refractivity contribution in [1.82, 2.24) is 4.57 Å². The predicted molar refractivity (Wildman–Crippen MR) is 295 cm³/mol. The molecule has 0 bridgehead atoms. The average molecular weight is 888 g/mol. The molecule has 1 unspecified atom stereocenters. The zero-order valence-electron chi connectivity index (χ0n) is 42.3. The van der Waals surface area contributed by atoms with Crippen molar-refractivity contribution in [2.75, 3.05) is 9.80 Å². The van der Waals surface area contributed by atoms with Gasteiger partial charge in [0.15, 0.2) is 0 Å². The number of fused-ring (bicyclic) bond motifs is 7. The maximum Gasteiger partial charge on any atom is 0.252 e. The van der Waals surface area contributed by atoms with Crippen LogP contribution in [0.1, 0.15) is 101 Å². The molecule has 3 aliphatic rings. The van der Waals surface area contributed by atoms with Gasteiger partial charge in [0.2, 0.25) is 0 Å². The summed E-state index contributed by atoms with van der Waals surface area (Å²) in [6.07, 6.45) is 6.08. The van der Waals surface area contributed by atoms with E-state index >= 15 is 0 Å². The van der Waals surface area contributed by atoms with E-state index in [4.69, 9.17) is 0 Å². The molecule has 0 spiro atoms. The lowest BCUT2D eigenvalue weighted by atomic mass is 9.33. The van der Waals surface area contributed by atoms with Crippen molar-refractivity contribution in [3.05, 3.63) is 186 Å². The van der Waals surface area contributed by atoms with Gasteiger partial charge < -0.3 is 14.4 Å². The molecule has 4 heteroatoms. The number of allylic oxidation sites excluding steroid dienone is 4. The van der Waals surface area contributed by atoms with Crippen molar-refractivity contribution in [1.29, 1.82) is 0 Å². The van der Waals surface area contributed by atoms with E-state index in [1.807, 2.05) is 0 Å². The Hall–Kier alpha value is -6.52. The smallest absolute Gasteiger partial charge is 0.252 e. The Morgan fingerprint density at radius 2 is 1.01 bits per heavy atom. The van der Waals surface area contributed by atoms with Crippen molar-refractivity contribution >= 4 is 73.3 Å². The van der Waals surface area contributed by atoms with Crippen LogP contribution in [0.15, 0.2) is 175 Å². The molecule has 11 rings (SSSR count). The van der Waals surface area contributed by atoms with Crippen LogP contribution in [0.4, 0.5) is 28.4 Å². The second-order valence-corrected chi connectivity index (χ2v) is 24.0. The minimum Gasteiger partial charge on any atom is -0.315 e. The highest BCUT2D eigenvalue weighted by Crippen LogP contribution is 2.50. The third kappa shape index (κ3) is 7.25. The van der Waals surface area contributed by atoms with Gasteiger partial charge in [0, 0.05) is 50.6 Å². The molecule has 0 radical (unpaired) electrons. The Bertz CT molecular complexity index is 3340. The van der Waals surface area contributed by atoms with Gasteiger partial charge in [-0.25, -0.2) is 0 Å². The summed E-state index contributed by atoms with van der Waals surface area (Å²) in [5.41, 5.74) is 21.8. The van der Waals surface area contributed by atoms with Gasteiger partial charge in [-0.05, 0) is 151 Å². The molecule has 68 heavy (non-hydrogen) atoms. The lowest BCUT2D eigenvalue weighted by Gasteiger charge is -2.46. The monoisotopic (exact) mass is 888 g/mol. The summed E-state index contributed by atoms with van der Waals surface area (Å²) in [6.45, 7) is 28.5. The SMILES string of the molecule is CC(C)(C)C1=CC(C(C)(C)C)CC(N2c3ccccc3B3c4ccccc4N(c4cc(C(C)(C)C)cc(C(C)(C)C)c4)c4cc(-c5ccc6c(c5)c5ccccc5n6-c5ccccc5)cc2c43)=C1. The quantitative estimate of drug-likeness (QED) is 0.163. The number of anilines is 5. The Morgan fingerprint density at radius 1 is 0.456 bits per heavy atom. The van der Waals surface area contributed by atoms with Crippen molar-refractivity contribution in [2.24, 2.45) is 16.7 Å². The molecule has 1 aliphatic carbocycles. The van der Waals surface area contributed by atoms with Crippen LogP contribution in [0.3, 0.4) is 0 Å². The Morgan fingerprint density at radius 3 is 1.63 bits per heavy atom. The molecule has 0 saturated heterocycles. The number of benzene rings is 7. The first-order valence-corrected chi connectivity index (χ1v) is 24.9. The van der Waals surface area contributed by atoms with Gasteiger partial charge in [0.1, 0.15) is 0 Å². The molecule has 1 aromatic heterocycles. The van der Waals surface area contributed by atoms with E-state index in [0.29, 0.717) is 5.92 Å². The molecule has 3 nitrogen and oxygen atoms in total. The first-order chi connectivity index (χ1) is 32.3. The molecule has 340 valence electrons. The van der Waals surface area contributed by atoms with E-state index in [1.165, 1.54) is 106 Å². The largest absolute Gasteiger partial charge is 0.315 e. The van der Waals surface area contributed by atoms with E-state index in [-0.39, 0.29) is 28.4 Å². The summed E-state index contributed by atoms with van der Waals surface area (Å²) in [6, 6.07) is 57.9. The fraction of sp³-hybridized carbons (Fsp3) is 0.281. The van der Waals surface area contributed by atoms with Gasteiger partial charge in [-0.15, -0.1) is 0 Å². The van der Waals surface area contributed by atoms with Crippen molar-refractivity contribution < 1.29 is 0 Å². The fourth-order valence-corrected chi connectivity index (χ4v) is 11.2. The first-order valence-electron chi connectivity index (χ1n) is 24.9. The predicted octanol–water partition coefficient (Wildman–Crippen LogP) is 15.7. The highest BCUT2D eigenvalue weighted by Gasteiger charge is 2.45. The number of nitrogens with zero attached hydrogens (tertiary/aromatic N) is 3. The van der Waals surface area contributed by atoms with Crippen LogP contribution in [-0.2, 0) is 10.8 Å². The minimum atomic E-state index is -0.0471. The molecule has 7 aromatic carbocycles. The third-order valence-corrected chi connectivity index (χ3v) is 15.2. The summed E-state index contributed by atoms with van der Waals surface area (Å²) in [5.74, 6) is 0.373. The zero-order valence-corrected chi connectivity index (χ0v) is 42.3. The maximum absolute atomic E-state index is 2.68. The molecule has 0 saturated carbocycles. The van der Waals surface area contributed by atoms with Crippen LogP contribution in [0.5, 0.6) is 0 Å². The zero-order chi connectivity index (χ0) is 47.7. The number of hydrogen-bond donors (Lipinski definition) is 0. The maximum atomic E-state index is 2.68. The van der Waals surface area contributed by atoms with Crippen LogP contribution in [-0.4, -0.2) is 11.3 Å². The molecule has 3 heterocycles. The van der Waals surface area contributed by atoms with Crippen LogP contribution in [0.25, 0.3) is 38.6 Å². The Kier molecular flexibility index (Phi) is 10.0. The third-order valence-electron chi connectivity index (χ3n) is 15.2. The van der Waals surface area contributed by atoms with Crippen LogP contribution >= 0.6 is 0 Å². The van der Waals surface area contributed by atoms with E-state index < -0.39 is 0 Å². The summed E-state index contributed by atoms with van der Waals surface area (Å²) in [5, 5.41) is 2.51. The molecule has 0 N–H and O–H groups in total. The summed E-state index contributed by atoms with van der Waals surface area (Å²) in [7, 11) is 0. The second kappa shape index (κ2) is 15.5. The molecule has 2 aliphatic heterocycles. The number of para-hydroxylation sites is 4. The highest BCUT2D eigenvalue weighted by molar-refractivity contribution is 7.00. The van der Waals surface area contributed by atoms with Gasteiger partial charge in [-0.3, -0.25) is 0 Å². The number of rotatable bonds is 4. The van der Waals surface area contributed by atoms with Gasteiger partial charge in [0.25, 0.3) is 6.71 Å². The lowest BCUT2D eigenvalue weighted by molar-refractivity contribution is 0.283. The lowest BCUT2D eigenvalue weighted by Crippen LogP contribution is -2.61. The van der Waals surface area contributed by atoms with Crippen molar-refractivity contribution in [2.45, 2.75) is 100 Å². The van der Waals surface area contributed by atoms with E-state index in [9.17, 15) is 0 Å². The second-order valence-electron chi connectivity index (χ2n) is 24.0. The minimum absolute atomic E-state index is 0.0127. The fourth-order valence-electron chi connectivity index (χ4n) is 11.2. The standard InChI is InChI=1S/C64H66BN3/c1-61(2,3)43-35-44(62(4,5)6)38-48(37-43)67-56-28-20-17-25-52(56)65-53-26-18-21-29-57(53)68(49-39-45(63(7,8)9)36-46(40-49)64(10,11)12)59-34-42(33-58(67)60(59)65)41-30-31-55-51(32-41)50-24-16-19-27-54(50)66(55)47-22-14-13-15-23-47/h13-39,46H,40H2,1-12H3. The van der Waals surface area contributed by atoms with Gasteiger partial charge in [-0.2, -0.15) is 0 Å². The molecule has 1 atom stereocenters. The molecular weight excluding hydrogens is 822 g/mol. The van der Waals surface area contributed by atoms with Crippen LogP contribution in [0.2, 0.25) is 0 Å². The Labute approximate surface area is 405 Å². The summed E-state index contributed by atoms with van der Waals surface area (Å²) in [4.78, 5) is 5.31. The summed E-state index contributed by atoms with van der Waals surface area (Å²) >= 11 is 0. The molecule has 0 fully saturated rings. The first kappa shape index (κ1) is 44.0. The molecule has 0 amide bonds. The van der Waals surface area contributed by atoms with Gasteiger partial charge in [-0.1, -0.05) is 174 Å². The molecule has 8 aromatic rings. The van der Waals surface area contributed by atoms with Gasteiger partial charge in [0.05, 0.1) is 11.0 Å². The van der Waals surface area contributed by atoms with Crippen molar-refractivity contribution in [3.8, 4) is 16.8 Å². The average Bonchev–Trinajstić information content (AvgIpc) is 3.64. The van der Waals surface area contributed by atoms with Crippen molar-refractivity contribution in [3.63, 3.8) is 0 Å². The van der Waals surface area contributed by atoms with E-state index in [1.54, 1.807) is 0 Å². The Balaban J connectivity index is 1.24. The van der Waals surface area contributed by atoms with Crippen LogP contribution in [0, 0.1) is 16.7 Å². The number of hydrogen-bond acceptors (Lipinski definition) is 2.